The summed E-state index contributed by atoms with van der Waals surface area (Å²) in [5, 5.41) is 22.1. The maximum absolute atomic E-state index is 12.4. The number of aliphatic hydroxyl groups excluding tert-OH is 2. The molecule has 12 atom stereocenters. The molecule has 0 aromatic carbocycles. The second-order valence-corrected chi connectivity index (χ2v) is 13.4. The summed E-state index contributed by atoms with van der Waals surface area (Å²) in [5.74, 6) is 0.803. The summed E-state index contributed by atoms with van der Waals surface area (Å²) in [5.41, 5.74) is 0.928. The SMILES string of the molecule is CC[C@]1(C)[C@@H]2CC[C@]3(C)[C@H](C[C@H](OC(C)=O)[C@]4(C)C5C(=CC[C@@H]34)[C@H](C)O[C@H]5O)[C@@]2(C)CC[C@@H]1O. The summed E-state index contributed by atoms with van der Waals surface area (Å²) in [7, 11) is 0. The van der Waals surface area contributed by atoms with Crippen LogP contribution < -0.4 is 0 Å². The molecule has 5 aliphatic rings. The van der Waals surface area contributed by atoms with E-state index in [1.165, 1.54) is 12.5 Å². The van der Waals surface area contributed by atoms with Crippen LogP contribution in [0.3, 0.4) is 0 Å². The van der Waals surface area contributed by atoms with Gasteiger partial charge in [0.05, 0.1) is 12.2 Å². The Labute approximate surface area is 205 Å². The third kappa shape index (κ3) is 2.99. The lowest BCUT2D eigenvalue weighted by molar-refractivity contribution is -0.262. The molecule has 5 heteroatoms. The van der Waals surface area contributed by atoms with E-state index in [-0.39, 0.29) is 51.9 Å². The van der Waals surface area contributed by atoms with Crippen LogP contribution in [-0.2, 0) is 14.3 Å². The maximum atomic E-state index is 12.4. The number of esters is 1. The molecule has 1 unspecified atom stereocenters. The number of allylic oxidation sites excluding steroid dienone is 1. The van der Waals surface area contributed by atoms with Gasteiger partial charge >= 0.3 is 5.97 Å². The van der Waals surface area contributed by atoms with Crippen molar-refractivity contribution in [1.82, 2.24) is 0 Å². The van der Waals surface area contributed by atoms with Gasteiger partial charge in [-0.3, -0.25) is 4.79 Å². The van der Waals surface area contributed by atoms with Gasteiger partial charge in [0.1, 0.15) is 6.10 Å². The Hall–Kier alpha value is -0.910. The van der Waals surface area contributed by atoms with Crippen LogP contribution in [0.5, 0.6) is 0 Å². The molecule has 34 heavy (non-hydrogen) atoms. The molecule has 0 bridgehead atoms. The van der Waals surface area contributed by atoms with Gasteiger partial charge in [0.2, 0.25) is 0 Å². The molecular formula is C29H46O5. The standard InChI is InChI=1S/C29H46O5/c1-8-26(4)19-11-13-28(6)20-10-9-18-16(2)33-25(32)24(18)29(20,7)23(34-17(3)30)15-21(28)27(19,5)14-12-22(26)31/h9,16,19-25,31-32H,8,10-15H2,1-7H3/t16-,19-,20-,21+,22-,23-,24?,25+,26+,27-,28-,29+/m0/s1. The molecule has 0 aromatic rings. The van der Waals surface area contributed by atoms with Crippen molar-refractivity contribution in [2.45, 2.75) is 118 Å². The number of carbonyl (C=O) groups is 1. The first-order chi connectivity index (χ1) is 15.8. The monoisotopic (exact) mass is 474 g/mol. The number of aliphatic hydroxyl groups is 2. The summed E-state index contributed by atoms with van der Waals surface area (Å²) in [6.07, 6.45) is 7.78. The number of rotatable bonds is 2. The summed E-state index contributed by atoms with van der Waals surface area (Å²) in [6.45, 7) is 15.3. The summed E-state index contributed by atoms with van der Waals surface area (Å²) in [6, 6.07) is 0. The largest absolute Gasteiger partial charge is 0.462 e. The maximum Gasteiger partial charge on any atom is 0.302 e. The van der Waals surface area contributed by atoms with Gasteiger partial charge in [-0.2, -0.15) is 0 Å². The van der Waals surface area contributed by atoms with Crippen molar-refractivity contribution < 1.29 is 24.5 Å². The van der Waals surface area contributed by atoms with Crippen LogP contribution in [0.2, 0.25) is 0 Å². The fourth-order valence-electron chi connectivity index (χ4n) is 10.5. The Morgan fingerprint density at radius 1 is 1.09 bits per heavy atom. The third-order valence-electron chi connectivity index (χ3n) is 12.4. The number of carbonyl (C=O) groups excluding carboxylic acids is 1. The van der Waals surface area contributed by atoms with Gasteiger partial charge in [-0.1, -0.05) is 40.7 Å². The lowest BCUT2D eigenvalue weighted by Crippen LogP contribution is -2.68. The molecule has 192 valence electrons. The van der Waals surface area contributed by atoms with Crippen molar-refractivity contribution in [1.29, 1.82) is 0 Å². The predicted molar refractivity (Wildman–Crippen MR) is 131 cm³/mol. The van der Waals surface area contributed by atoms with E-state index in [2.05, 4.69) is 40.7 Å². The van der Waals surface area contributed by atoms with Crippen LogP contribution in [0.25, 0.3) is 0 Å². The Morgan fingerprint density at radius 2 is 1.74 bits per heavy atom. The van der Waals surface area contributed by atoms with E-state index in [1.54, 1.807) is 0 Å². The lowest BCUT2D eigenvalue weighted by Gasteiger charge is -2.71. The Kier molecular flexibility index (Phi) is 5.68. The first kappa shape index (κ1) is 24.8. The number of hydrogen-bond acceptors (Lipinski definition) is 5. The van der Waals surface area contributed by atoms with Crippen LogP contribution >= 0.6 is 0 Å². The molecular weight excluding hydrogens is 428 g/mol. The van der Waals surface area contributed by atoms with E-state index >= 15 is 0 Å². The van der Waals surface area contributed by atoms with Crippen LogP contribution in [0, 0.1) is 45.3 Å². The van der Waals surface area contributed by atoms with Crippen LogP contribution in [0.4, 0.5) is 0 Å². The molecule has 1 heterocycles. The van der Waals surface area contributed by atoms with E-state index in [9.17, 15) is 15.0 Å². The van der Waals surface area contributed by atoms with Crippen molar-refractivity contribution in [3.8, 4) is 0 Å². The summed E-state index contributed by atoms with van der Waals surface area (Å²) >= 11 is 0. The molecule has 0 radical (unpaired) electrons. The van der Waals surface area contributed by atoms with E-state index in [1.807, 2.05) is 6.92 Å². The topological polar surface area (TPSA) is 76.0 Å². The van der Waals surface area contributed by atoms with Gasteiger partial charge in [0.15, 0.2) is 6.29 Å². The molecule has 1 saturated heterocycles. The molecule has 4 aliphatic carbocycles. The van der Waals surface area contributed by atoms with Crippen molar-refractivity contribution >= 4 is 5.97 Å². The smallest absolute Gasteiger partial charge is 0.302 e. The highest BCUT2D eigenvalue weighted by Gasteiger charge is 2.71. The van der Waals surface area contributed by atoms with Crippen LogP contribution in [0.1, 0.15) is 93.4 Å². The highest BCUT2D eigenvalue weighted by atomic mass is 16.6. The first-order valence-electron chi connectivity index (χ1n) is 13.7. The van der Waals surface area contributed by atoms with Crippen LogP contribution in [0.15, 0.2) is 11.6 Å². The second kappa shape index (κ2) is 7.79. The van der Waals surface area contributed by atoms with Gasteiger partial charge in [0, 0.05) is 18.3 Å². The number of ether oxygens (including phenoxy) is 2. The fraction of sp³-hybridized carbons (Fsp3) is 0.897. The zero-order chi connectivity index (χ0) is 24.8. The minimum Gasteiger partial charge on any atom is -0.462 e. The highest BCUT2D eigenvalue weighted by Crippen LogP contribution is 2.74. The molecule has 0 spiro atoms. The Balaban J connectivity index is 1.62. The molecule has 1 aliphatic heterocycles. The number of fused-ring (bicyclic) bond motifs is 7. The summed E-state index contributed by atoms with van der Waals surface area (Å²) < 4.78 is 12.1. The van der Waals surface area contributed by atoms with Gasteiger partial charge in [-0.15, -0.1) is 0 Å². The Bertz CT molecular complexity index is 884. The molecule has 0 amide bonds. The summed E-state index contributed by atoms with van der Waals surface area (Å²) in [4.78, 5) is 12.4. The van der Waals surface area contributed by atoms with E-state index in [4.69, 9.17) is 9.47 Å². The lowest BCUT2D eigenvalue weighted by atomic mass is 9.34. The minimum absolute atomic E-state index is 0.0729. The van der Waals surface area contributed by atoms with Gasteiger partial charge in [0.25, 0.3) is 0 Å². The molecule has 2 N–H and O–H groups in total. The third-order valence-corrected chi connectivity index (χ3v) is 12.4. The molecule has 5 rings (SSSR count). The molecule has 0 aromatic heterocycles. The van der Waals surface area contributed by atoms with E-state index in [0.29, 0.717) is 17.8 Å². The molecule has 4 fully saturated rings. The van der Waals surface area contributed by atoms with Gasteiger partial charge in [-0.25, -0.2) is 0 Å². The van der Waals surface area contributed by atoms with Crippen molar-refractivity contribution in [3.63, 3.8) is 0 Å². The zero-order valence-corrected chi connectivity index (χ0v) is 22.3. The minimum atomic E-state index is -0.854. The quantitative estimate of drug-likeness (QED) is 0.423. The van der Waals surface area contributed by atoms with E-state index in [0.717, 1.165) is 44.9 Å². The zero-order valence-electron chi connectivity index (χ0n) is 22.3. The van der Waals surface area contributed by atoms with Gasteiger partial charge < -0.3 is 19.7 Å². The predicted octanol–water partition coefficient (Wildman–Crippen LogP) is 5.24. The normalized spacial score (nSPS) is 56.4. The fourth-order valence-corrected chi connectivity index (χ4v) is 10.5. The van der Waals surface area contributed by atoms with Crippen LogP contribution in [-0.4, -0.2) is 40.8 Å². The molecule has 3 saturated carbocycles. The van der Waals surface area contributed by atoms with Crippen molar-refractivity contribution in [2.75, 3.05) is 0 Å². The second-order valence-electron chi connectivity index (χ2n) is 13.4. The van der Waals surface area contributed by atoms with Crippen molar-refractivity contribution in [3.05, 3.63) is 11.6 Å². The van der Waals surface area contributed by atoms with E-state index < -0.39 is 6.29 Å². The van der Waals surface area contributed by atoms with Gasteiger partial charge in [-0.05, 0) is 91.4 Å². The average Bonchev–Trinajstić information content (AvgIpc) is 3.06. The first-order valence-corrected chi connectivity index (χ1v) is 13.7. The highest BCUT2D eigenvalue weighted by molar-refractivity contribution is 5.66. The average molecular weight is 475 g/mol. The Morgan fingerprint density at radius 3 is 2.38 bits per heavy atom. The molecule has 5 nitrogen and oxygen atoms in total. The number of hydrogen-bond donors (Lipinski definition) is 2. The van der Waals surface area contributed by atoms with Crippen molar-refractivity contribution in [2.24, 2.45) is 45.3 Å².